The highest BCUT2D eigenvalue weighted by Crippen LogP contribution is 2.32. The minimum Gasteiger partial charge on any atom is -0.496 e. The first-order chi connectivity index (χ1) is 14.1. The number of carbonyl (C=O) groups excluding carboxylic acids is 1. The molecule has 150 valence electrons. The van der Waals surface area contributed by atoms with Gasteiger partial charge in [-0.2, -0.15) is 0 Å². The van der Waals surface area contributed by atoms with Crippen LogP contribution in [-0.4, -0.2) is 28.0 Å². The van der Waals surface area contributed by atoms with E-state index in [1.165, 1.54) is 0 Å². The van der Waals surface area contributed by atoms with Crippen LogP contribution in [0.15, 0.2) is 78.8 Å². The van der Waals surface area contributed by atoms with E-state index in [0.29, 0.717) is 29.1 Å². The molecular weight excluding hydrogens is 366 g/mol. The van der Waals surface area contributed by atoms with Crippen LogP contribution in [0.5, 0.6) is 5.75 Å². The number of pyridine rings is 1. The molecule has 0 aliphatic carbocycles. The van der Waals surface area contributed by atoms with Crippen molar-refractivity contribution < 1.29 is 14.6 Å². The summed E-state index contributed by atoms with van der Waals surface area (Å²) < 4.78 is 5.31. The van der Waals surface area contributed by atoms with E-state index < -0.39 is 6.17 Å². The molecule has 1 amide bonds. The molecule has 6 nitrogen and oxygen atoms in total. The summed E-state index contributed by atoms with van der Waals surface area (Å²) in [6.45, 7) is 5.95. The van der Waals surface area contributed by atoms with Crippen LogP contribution in [0.4, 0.5) is 0 Å². The van der Waals surface area contributed by atoms with Crippen LogP contribution in [0.1, 0.15) is 29.8 Å². The fourth-order valence-electron chi connectivity index (χ4n) is 3.39. The van der Waals surface area contributed by atoms with Crippen LogP contribution >= 0.6 is 0 Å². The first-order valence-corrected chi connectivity index (χ1v) is 9.36. The van der Waals surface area contributed by atoms with Crippen molar-refractivity contribution in [3.05, 3.63) is 95.5 Å². The summed E-state index contributed by atoms with van der Waals surface area (Å²) in [4.78, 5) is 19.3. The Hall–Kier alpha value is -3.38. The molecule has 1 aromatic carbocycles. The molecule has 1 aromatic heterocycles. The van der Waals surface area contributed by atoms with Crippen LogP contribution in [0.2, 0.25) is 0 Å². The Morgan fingerprint density at radius 1 is 1.38 bits per heavy atom. The molecular formula is C23H25N3O3. The third-order valence-electron chi connectivity index (χ3n) is 4.79. The summed E-state index contributed by atoms with van der Waals surface area (Å²) in [6, 6.07) is 9.32. The number of aliphatic hydroxyl groups is 1. The van der Waals surface area contributed by atoms with Gasteiger partial charge in [-0.1, -0.05) is 30.9 Å². The summed E-state index contributed by atoms with van der Waals surface area (Å²) in [6.07, 6.45) is 8.29. The number of methoxy groups -OCH3 is 1. The minimum absolute atomic E-state index is 0.105. The van der Waals surface area contributed by atoms with Gasteiger partial charge in [-0.3, -0.25) is 9.78 Å². The molecule has 0 spiro atoms. The Kier molecular flexibility index (Phi) is 6.46. The summed E-state index contributed by atoms with van der Waals surface area (Å²) in [5.41, 5.74) is 3.64. The number of aromatic nitrogens is 1. The molecule has 0 saturated heterocycles. The number of hydrogen-bond donors (Lipinski definition) is 2. The number of carbonyl (C=O) groups is 1. The molecule has 1 unspecified atom stereocenters. The number of nitrogens with one attached hydrogen (secondary N) is 1. The standard InChI is InChI=1S/C23H25N3O3/c1-4-7-19-20(5-2)25-22(17-9-10-21(29-3)18(12-17)15-27)26(23(19)28)14-16-8-6-11-24-13-16/h4-13,22,25,27H,2,14-15H2,1,3H3/b7-4-. The SMILES string of the molecule is C=CC1=C(/C=C\C)C(=O)N(Cc2cccnc2)C(c2ccc(OC)c(CO)c2)N1. The van der Waals surface area contributed by atoms with Gasteiger partial charge in [0.25, 0.3) is 5.91 Å². The van der Waals surface area contributed by atoms with Crippen LogP contribution in [0, 0.1) is 0 Å². The van der Waals surface area contributed by atoms with Crippen molar-refractivity contribution in [1.29, 1.82) is 0 Å². The Balaban J connectivity index is 2.08. The highest BCUT2D eigenvalue weighted by atomic mass is 16.5. The fourth-order valence-corrected chi connectivity index (χ4v) is 3.39. The maximum atomic E-state index is 13.4. The van der Waals surface area contributed by atoms with Crippen molar-refractivity contribution in [2.24, 2.45) is 0 Å². The van der Waals surface area contributed by atoms with Crippen molar-refractivity contribution in [2.45, 2.75) is 26.2 Å². The average Bonchev–Trinajstić information content (AvgIpc) is 2.77. The lowest BCUT2D eigenvalue weighted by Gasteiger charge is -2.38. The highest BCUT2D eigenvalue weighted by Gasteiger charge is 2.33. The second-order valence-corrected chi connectivity index (χ2v) is 6.60. The minimum atomic E-state index is -0.430. The van der Waals surface area contributed by atoms with E-state index in [0.717, 1.165) is 11.1 Å². The van der Waals surface area contributed by atoms with E-state index in [1.807, 2.05) is 37.3 Å². The van der Waals surface area contributed by atoms with E-state index in [1.54, 1.807) is 42.6 Å². The Bertz CT molecular complexity index is 951. The molecule has 3 rings (SSSR count). The van der Waals surface area contributed by atoms with Gasteiger partial charge in [0.15, 0.2) is 0 Å². The van der Waals surface area contributed by atoms with Gasteiger partial charge in [-0.25, -0.2) is 0 Å². The van der Waals surface area contributed by atoms with Gasteiger partial charge < -0.3 is 20.1 Å². The summed E-state index contributed by atoms with van der Waals surface area (Å²) >= 11 is 0. The number of nitrogens with zero attached hydrogens (tertiary/aromatic N) is 2. The summed E-state index contributed by atoms with van der Waals surface area (Å²) in [5, 5.41) is 13.1. The first-order valence-electron chi connectivity index (χ1n) is 9.36. The quantitative estimate of drug-likeness (QED) is 0.758. The maximum Gasteiger partial charge on any atom is 0.258 e. The smallest absolute Gasteiger partial charge is 0.258 e. The predicted octanol–water partition coefficient (Wildman–Crippen LogP) is 3.23. The molecule has 0 radical (unpaired) electrons. The molecule has 1 aliphatic rings. The van der Waals surface area contributed by atoms with Crippen molar-refractivity contribution in [2.75, 3.05) is 7.11 Å². The molecule has 1 aliphatic heterocycles. The third kappa shape index (κ3) is 4.22. The first kappa shape index (κ1) is 20.4. The Morgan fingerprint density at radius 2 is 2.21 bits per heavy atom. The Morgan fingerprint density at radius 3 is 2.83 bits per heavy atom. The van der Waals surface area contributed by atoms with E-state index in [9.17, 15) is 9.90 Å². The second kappa shape index (κ2) is 9.21. The van der Waals surface area contributed by atoms with Gasteiger partial charge >= 0.3 is 0 Å². The molecule has 0 saturated carbocycles. The number of benzene rings is 1. The number of ether oxygens (including phenoxy) is 1. The topological polar surface area (TPSA) is 74.7 Å². The van der Waals surface area contributed by atoms with Crippen LogP contribution in [-0.2, 0) is 17.9 Å². The number of allylic oxidation sites excluding steroid dienone is 2. The lowest BCUT2D eigenvalue weighted by Crippen LogP contribution is -2.46. The largest absolute Gasteiger partial charge is 0.496 e. The molecule has 2 heterocycles. The highest BCUT2D eigenvalue weighted by molar-refractivity contribution is 5.98. The van der Waals surface area contributed by atoms with E-state index in [4.69, 9.17) is 4.74 Å². The predicted molar refractivity (Wildman–Crippen MR) is 112 cm³/mol. The van der Waals surface area contributed by atoms with Gasteiger partial charge in [-0.15, -0.1) is 0 Å². The normalized spacial score (nSPS) is 16.9. The number of hydrogen-bond acceptors (Lipinski definition) is 5. The average molecular weight is 391 g/mol. The fraction of sp³-hybridized carbons (Fsp3) is 0.217. The van der Waals surface area contributed by atoms with Gasteiger partial charge in [-0.05, 0) is 42.3 Å². The van der Waals surface area contributed by atoms with Crippen molar-refractivity contribution in [3.8, 4) is 5.75 Å². The molecule has 1 atom stereocenters. The van der Waals surface area contributed by atoms with Crippen LogP contribution in [0.3, 0.4) is 0 Å². The molecule has 2 aromatic rings. The zero-order chi connectivity index (χ0) is 20.8. The number of aliphatic hydroxyl groups excluding tert-OH is 1. The number of amides is 1. The van der Waals surface area contributed by atoms with Gasteiger partial charge in [0, 0.05) is 30.2 Å². The molecule has 2 N–H and O–H groups in total. The van der Waals surface area contributed by atoms with E-state index in [-0.39, 0.29) is 12.5 Å². The monoisotopic (exact) mass is 391 g/mol. The zero-order valence-electron chi connectivity index (χ0n) is 16.6. The van der Waals surface area contributed by atoms with Crippen molar-refractivity contribution >= 4 is 5.91 Å². The van der Waals surface area contributed by atoms with E-state index in [2.05, 4.69) is 16.9 Å². The van der Waals surface area contributed by atoms with Gasteiger partial charge in [0.05, 0.1) is 19.3 Å². The van der Waals surface area contributed by atoms with Crippen molar-refractivity contribution in [1.82, 2.24) is 15.2 Å². The number of rotatable bonds is 7. The molecule has 29 heavy (non-hydrogen) atoms. The van der Waals surface area contributed by atoms with Crippen LogP contribution in [0.25, 0.3) is 0 Å². The molecule has 6 heteroatoms. The lowest BCUT2D eigenvalue weighted by molar-refractivity contribution is -0.131. The molecule has 0 fully saturated rings. The second-order valence-electron chi connectivity index (χ2n) is 6.60. The third-order valence-corrected chi connectivity index (χ3v) is 4.79. The lowest BCUT2D eigenvalue weighted by atomic mass is 10.0. The van der Waals surface area contributed by atoms with Crippen LogP contribution < -0.4 is 10.1 Å². The summed E-state index contributed by atoms with van der Waals surface area (Å²) in [5.74, 6) is 0.498. The van der Waals surface area contributed by atoms with E-state index >= 15 is 0 Å². The van der Waals surface area contributed by atoms with Gasteiger partial charge in [0.2, 0.25) is 0 Å². The maximum absolute atomic E-state index is 13.4. The zero-order valence-corrected chi connectivity index (χ0v) is 16.6. The van der Waals surface area contributed by atoms with Gasteiger partial charge in [0.1, 0.15) is 11.9 Å². The molecule has 0 bridgehead atoms. The van der Waals surface area contributed by atoms with Crippen molar-refractivity contribution in [3.63, 3.8) is 0 Å². The summed E-state index contributed by atoms with van der Waals surface area (Å²) in [7, 11) is 1.56. The Labute approximate surface area is 170 Å².